The molecular formula is C13H14ClN3S2. The van der Waals surface area contributed by atoms with Crippen LogP contribution < -0.4 is 5.32 Å². The maximum absolute atomic E-state index is 5.88. The van der Waals surface area contributed by atoms with E-state index in [0.29, 0.717) is 0 Å². The Bertz CT molecular complexity index is 546. The highest BCUT2D eigenvalue weighted by Crippen LogP contribution is 2.29. The van der Waals surface area contributed by atoms with Gasteiger partial charge in [-0.2, -0.15) is 0 Å². The third kappa shape index (κ3) is 4.30. The molecule has 0 aliphatic heterocycles. The predicted octanol–water partition coefficient (Wildman–Crippen LogP) is 4.43. The standard InChI is InChI=1S/C13H14ClN3S2/c1-3-15-11-8-12(17-13(16-11)18-2)19-10-6-4-9(14)5-7-10/h4-8H,3H2,1-2H3,(H,15,16,17). The highest BCUT2D eigenvalue weighted by Gasteiger charge is 2.05. The van der Waals surface area contributed by atoms with Crippen molar-refractivity contribution in [2.45, 2.75) is 22.0 Å². The molecule has 100 valence electrons. The van der Waals surface area contributed by atoms with Crippen LogP contribution in [0.15, 0.2) is 45.4 Å². The van der Waals surface area contributed by atoms with Crippen LogP contribution in [0.3, 0.4) is 0 Å². The summed E-state index contributed by atoms with van der Waals surface area (Å²) in [4.78, 5) is 10.0. The van der Waals surface area contributed by atoms with Crippen molar-refractivity contribution in [3.05, 3.63) is 35.4 Å². The first kappa shape index (κ1) is 14.5. The molecule has 0 unspecified atom stereocenters. The average Bonchev–Trinajstić information content (AvgIpc) is 2.41. The van der Waals surface area contributed by atoms with E-state index in [-0.39, 0.29) is 0 Å². The number of anilines is 1. The van der Waals surface area contributed by atoms with Crippen molar-refractivity contribution in [2.75, 3.05) is 18.1 Å². The number of rotatable bonds is 5. The van der Waals surface area contributed by atoms with Crippen LogP contribution in [0, 0.1) is 0 Å². The van der Waals surface area contributed by atoms with Crippen LogP contribution in [-0.2, 0) is 0 Å². The van der Waals surface area contributed by atoms with E-state index in [2.05, 4.69) is 15.3 Å². The van der Waals surface area contributed by atoms with E-state index in [0.717, 1.165) is 32.5 Å². The van der Waals surface area contributed by atoms with Crippen molar-refractivity contribution in [3.8, 4) is 0 Å². The molecule has 2 rings (SSSR count). The molecule has 1 aromatic carbocycles. The molecular weight excluding hydrogens is 298 g/mol. The number of hydrogen-bond donors (Lipinski definition) is 1. The van der Waals surface area contributed by atoms with Crippen molar-refractivity contribution in [2.24, 2.45) is 0 Å². The summed E-state index contributed by atoms with van der Waals surface area (Å²) in [6.07, 6.45) is 1.97. The van der Waals surface area contributed by atoms with Crippen LogP contribution >= 0.6 is 35.1 Å². The molecule has 0 aliphatic carbocycles. The Labute approximate surface area is 126 Å². The van der Waals surface area contributed by atoms with Crippen LogP contribution in [0.4, 0.5) is 5.82 Å². The van der Waals surface area contributed by atoms with Crippen molar-refractivity contribution in [1.82, 2.24) is 9.97 Å². The Morgan fingerprint density at radius 1 is 1.21 bits per heavy atom. The van der Waals surface area contributed by atoms with Gasteiger partial charge in [0.25, 0.3) is 0 Å². The van der Waals surface area contributed by atoms with Gasteiger partial charge in [-0.1, -0.05) is 35.1 Å². The highest BCUT2D eigenvalue weighted by molar-refractivity contribution is 7.99. The summed E-state index contributed by atoms with van der Waals surface area (Å²) in [5.41, 5.74) is 0. The maximum Gasteiger partial charge on any atom is 0.190 e. The molecule has 0 fully saturated rings. The lowest BCUT2D eigenvalue weighted by atomic mass is 10.4. The fourth-order valence-corrected chi connectivity index (χ4v) is 2.82. The summed E-state index contributed by atoms with van der Waals surface area (Å²) in [5.74, 6) is 0.860. The van der Waals surface area contributed by atoms with Crippen LogP contribution in [0.2, 0.25) is 5.02 Å². The smallest absolute Gasteiger partial charge is 0.190 e. The van der Waals surface area contributed by atoms with Crippen molar-refractivity contribution < 1.29 is 0 Å². The van der Waals surface area contributed by atoms with E-state index >= 15 is 0 Å². The zero-order valence-electron chi connectivity index (χ0n) is 10.7. The minimum absolute atomic E-state index is 0.741. The van der Waals surface area contributed by atoms with E-state index in [4.69, 9.17) is 11.6 Å². The molecule has 0 saturated carbocycles. The maximum atomic E-state index is 5.88. The molecule has 0 bridgehead atoms. The summed E-state index contributed by atoms with van der Waals surface area (Å²) >= 11 is 9.02. The normalized spacial score (nSPS) is 10.5. The van der Waals surface area contributed by atoms with Gasteiger partial charge in [-0.25, -0.2) is 9.97 Å². The molecule has 1 heterocycles. The Hall–Kier alpha value is -0.910. The Balaban J connectivity index is 2.23. The second kappa shape index (κ2) is 7.03. The van der Waals surface area contributed by atoms with E-state index < -0.39 is 0 Å². The summed E-state index contributed by atoms with van der Waals surface area (Å²) < 4.78 is 0. The SMILES string of the molecule is CCNc1cc(Sc2ccc(Cl)cc2)nc(SC)n1. The van der Waals surface area contributed by atoms with Gasteiger partial charge in [-0.05, 0) is 37.4 Å². The third-order valence-corrected chi connectivity index (χ3v) is 3.98. The second-order valence-electron chi connectivity index (χ2n) is 3.66. The van der Waals surface area contributed by atoms with E-state index in [1.54, 1.807) is 11.8 Å². The minimum atomic E-state index is 0.741. The lowest BCUT2D eigenvalue weighted by Gasteiger charge is -2.07. The first-order valence-corrected chi connectivity index (χ1v) is 8.23. The van der Waals surface area contributed by atoms with Crippen molar-refractivity contribution in [3.63, 3.8) is 0 Å². The highest BCUT2D eigenvalue weighted by atomic mass is 35.5. The number of halogens is 1. The van der Waals surface area contributed by atoms with Crippen molar-refractivity contribution >= 4 is 40.9 Å². The molecule has 3 nitrogen and oxygen atoms in total. The summed E-state index contributed by atoms with van der Waals surface area (Å²) in [7, 11) is 0. The Morgan fingerprint density at radius 2 is 1.95 bits per heavy atom. The van der Waals surface area contributed by atoms with Gasteiger partial charge in [-0.15, -0.1) is 0 Å². The fraction of sp³-hybridized carbons (Fsp3) is 0.231. The first-order chi connectivity index (χ1) is 9.21. The molecule has 0 spiro atoms. The van der Waals surface area contributed by atoms with Gasteiger partial charge in [0.15, 0.2) is 5.16 Å². The molecule has 0 radical (unpaired) electrons. The number of nitrogens with zero attached hydrogens (tertiary/aromatic N) is 2. The number of hydrogen-bond acceptors (Lipinski definition) is 5. The molecule has 1 N–H and O–H groups in total. The molecule has 19 heavy (non-hydrogen) atoms. The quantitative estimate of drug-likeness (QED) is 0.502. The summed E-state index contributed by atoms with van der Waals surface area (Å²) in [6, 6.07) is 9.70. The van der Waals surface area contributed by atoms with Gasteiger partial charge >= 0.3 is 0 Å². The molecule has 2 aromatic rings. The lowest BCUT2D eigenvalue weighted by Crippen LogP contribution is -2.01. The van der Waals surface area contributed by atoms with Crippen molar-refractivity contribution in [1.29, 1.82) is 0 Å². The van der Waals surface area contributed by atoms with Crippen LogP contribution in [-0.4, -0.2) is 22.8 Å². The monoisotopic (exact) mass is 311 g/mol. The molecule has 1 aromatic heterocycles. The van der Waals surface area contributed by atoms with E-state index in [1.165, 1.54) is 11.8 Å². The van der Waals surface area contributed by atoms with Gasteiger partial charge in [0.1, 0.15) is 10.8 Å². The van der Waals surface area contributed by atoms with Gasteiger partial charge < -0.3 is 5.32 Å². The molecule has 6 heteroatoms. The molecule has 0 saturated heterocycles. The number of benzene rings is 1. The molecule has 0 atom stereocenters. The van der Waals surface area contributed by atoms with Gasteiger partial charge in [0, 0.05) is 22.5 Å². The summed E-state index contributed by atoms with van der Waals surface area (Å²) in [5, 5.41) is 5.66. The summed E-state index contributed by atoms with van der Waals surface area (Å²) in [6.45, 7) is 2.89. The fourth-order valence-electron chi connectivity index (χ4n) is 1.44. The number of thioether (sulfide) groups is 1. The average molecular weight is 312 g/mol. The predicted molar refractivity (Wildman–Crippen MR) is 83.6 cm³/mol. The molecule has 0 aliphatic rings. The Morgan fingerprint density at radius 3 is 2.58 bits per heavy atom. The minimum Gasteiger partial charge on any atom is -0.370 e. The van der Waals surface area contributed by atoms with Gasteiger partial charge in [-0.3, -0.25) is 0 Å². The van der Waals surface area contributed by atoms with Crippen LogP contribution in [0.25, 0.3) is 0 Å². The zero-order valence-corrected chi connectivity index (χ0v) is 13.1. The molecule has 0 amide bonds. The van der Waals surface area contributed by atoms with Gasteiger partial charge in [0.2, 0.25) is 0 Å². The van der Waals surface area contributed by atoms with Gasteiger partial charge in [0.05, 0.1) is 0 Å². The number of nitrogens with one attached hydrogen (secondary N) is 1. The number of aromatic nitrogens is 2. The van der Waals surface area contributed by atoms with Crippen LogP contribution in [0.5, 0.6) is 0 Å². The van der Waals surface area contributed by atoms with Crippen LogP contribution in [0.1, 0.15) is 6.92 Å². The lowest BCUT2D eigenvalue weighted by molar-refractivity contribution is 0.891. The second-order valence-corrected chi connectivity index (χ2v) is 5.97. The Kier molecular flexibility index (Phi) is 5.36. The third-order valence-electron chi connectivity index (χ3n) is 2.26. The first-order valence-electron chi connectivity index (χ1n) is 5.81. The topological polar surface area (TPSA) is 37.8 Å². The largest absolute Gasteiger partial charge is 0.370 e. The zero-order chi connectivity index (χ0) is 13.7. The van der Waals surface area contributed by atoms with E-state index in [1.807, 2.05) is 43.5 Å². The van der Waals surface area contributed by atoms with E-state index in [9.17, 15) is 0 Å².